The van der Waals surface area contributed by atoms with Gasteiger partial charge in [0.05, 0.1) is 4.47 Å². The third-order valence-electron chi connectivity index (χ3n) is 2.46. The summed E-state index contributed by atoms with van der Waals surface area (Å²) >= 11 is 3.46. The molecule has 1 N–H and O–H groups in total. The summed E-state index contributed by atoms with van der Waals surface area (Å²) in [4.78, 5) is 6.58. The van der Waals surface area contributed by atoms with Crippen LogP contribution in [0.4, 0.5) is 5.82 Å². The second-order valence-corrected chi connectivity index (χ2v) is 4.66. The highest BCUT2D eigenvalue weighted by Crippen LogP contribution is 2.20. The van der Waals surface area contributed by atoms with Crippen molar-refractivity contribution in [3.8, 4) is 0 Å². The summed E-state index contributed by atoms with van der Waals surface area (Å²) in [6, 6.07) is 3.93. The van der Waals surface area contributed by atoms with E-state index >= 15 is 0 Å². The average molecular weight is 256 g/mol. The van der Waals surface area contributed by atoms with E-state index in [9.17, 15) is 0 Å². The second-order valence-electron chi connectivity index (χ2n) is 3.80. The highest BCUT2D eigenvalue weighted by molar-refractivity contribution is 9.10. The average Bonchev–Trinajstić information content (AvgIpc) is 2.13. The van der Waals surface area contributed by atoms with Gasteiger partial charge in [-0.15, -0.1) is 0 Å². The lowest BCUT2D eigenvalue weighted by atomic mass is 10.0. The maximum atomic E-state index is 4.26. The summed E-state index contributed by atoms with van der Waals surface area (Å²) in [6.07, 6.45) is 1.81. The molecular formula is C10H14BrN3. The van der Waals surface area contributed by atoms with Gasteiger partial charge in [0.25, 0.3) is 0 Å². The standard InChI is InChI=1S/C10H14BrN3/c1-14-6-8(7-14)5-13-10-9(11)3-2-4-12-10/h2-4,8H,5-7H2,1H3,(H,12,13). The lowest BCUT2D eigenvalue weighted by molar-refractivity contribution is 0.144. The zero-order chi connectivity index (χ0) is 9.97. The molecule has 3 nitrogen and oxygen atoms in total. The molecule has 2 heterocycles. The molecule has 0 unspecified atom stereocenters. The first-order valence-corrected chi connectivity index (χ1v) is 5.58. The summed E-state index contributed by atoms with van der Waals surface area (Å²) in [7, 11) is 2.15. The first kappa shape index (κ1) is 9.93. The molecule has 2 rings (SSSR count). The van der Waals surface area contributed by atoms with Crippen molar-refractivity contribution in [1.29, 1.82) is 0 Å². The van der Waals surface area contributed by atoms with E-state index in [1.54, 1.807) is 6.20 Å². The van der Waals surface area contributed by atoms with Crippen molar-refractivity contribution in [2.24, 2.45) is 5.92 Å². The molecular weight excluding hydrogens is 242 g/mol. The first-order chi connectivity index (χ1) is 6.75. The smallest absolute Gasteiger partial charge is 0.140 e. The van der Waals surface area contributed by atoms with Crippen LogP contribution in [0.15, 0.2) is 22.8 Å². The number of likely N-dealkylation sites (tertiary alicyclic amines) is 1. The van der Waals surface area contributed by atoms with E-state index in [0.717, 1.165) is 22.8 Å². The van der Waals surface area contributed by atoms with Crippen molar-refractivity contribution in [2.75, 3.05) is 32.0 Å². The Morgan fingerprint density at radius 3 is 3.07 bits per heavy atom. The van der Waals surface area contributed by atoms with Gasteiger partial charge in [0, 0.05) is 31.7 Å². The maximum absolute atomic E-state index is 4.26. The third-order valence-corrected chi connectivity index (χ3v) is 3.10. The van der Waals surface area contributed by atoms with Crippen molar-refractivity contribution in [2.45, 2.75) is 0 Å². The van der Waals surface area contributed by atoms with Gasteiger partial charge >= 0.3 is 0 Å². The van der Waals surface area contributed by atoms with Crippen molar-refractivity contribution in [1.82, 2.24) is 9.88 Å². The second kappa shape index (κ2) is 4.28. The van der Waals surface area contributed by atoms with Gasteiger partial charge in [0.1, 0.15) is 5.82 Å². The molecule has 76 valence electrons. The number of pyridine rings is 1. The molecule has 1 saturated heterocycles. The summed E-state index contributed by atoms with van der Waals surface area (Å²) in [6.45, 7) is 3.40. The molecule has 0 aromatic carbocycles. The Morgan fingerprint density at radius 2 is 2.43 bits per heavy atom. The molecule has 1 fully saturated rings. The molecule has 1 aliphatic rings. The van der Waals surface area contributed by atoms with Gasteiger partial charge in [-0.05, 0) is 35.1 Å². The van der Waals surface area contributed by atoms with Crippen LogP contribution in [0.1, 0.15) is 0 Å². The molecule has 0 saturated carbocycles. The molecule has 14 heavy (non-hydrogen) atoms. The lowest BCUT2D eigenvalue weighted by Crippen LogP contribution is -2.46. The Morgan fingerprint density at radius 1 is 1.64 bits per heavy atom. The molecule has 1 aromatic rings. The number of aromatic nitrogens is 1. The van der Waals surface area contributed by atoms with Gasteiger partial charge in [-0.2, -0.15) is 0 Å². The summed E-state index contributed by atoms with van der Waals surface area (Å²) < 4.78 is 1.03. The highest BCUT2D eigenvalue weighted by atomic mass is 79.9. The zero-order valence-electron chi connectivity index (χ0n) is 8.20. The predicted molar refractivity (Wildman–Crippen MR) is 61.4 cm³/mol. The van der Waals surface area contributed by atoms with E-state index in [1.165, 1.54) is 13.1 Å². The van der Waals surface area contributed by atoms with E-state index in [1.807, 2.05) is 12.1 Å². The quantitative estimate of drug-likeness (QED) is 0.894. The maximum Gasteiger partial charge on any atom is 0.140 e. The van der Waals surface area contributed by atoms with Crippen molar-refractivity contribution < 1.29 is 0 Å². The van der Waals surface area contributed by atoms with Gasteiger partial charge < -0.3 is 10.2 Å². The van der Waals surface area contributed by atoms with Crippen LogP contribution in [0.25, 0.3) is 0 Å². The van der Waals surface area contributed by atoms with E-state index in [0.29, 0.717) is 0 Å². The number of nitrogens with zero attached hydrogens (tertiary/aromatic N) is 2. The molecule has 4 heteroatoms. The molecule has 0 amide bonds. The number of nitrogens with one attached hydrogen (secondary N) is 1. The first-order valence-electron chi connectivity index (χ1n) is 4.78. The van der Waals surface area contributed by atoms with E-state index in [-0.39, 0.29) is 0 Å². The van der Waals surface area contributed by atoms with Gasteiger partial charge in [0.15, 0.2) is 0 Å². The van der Waals surface area contributed by atoms with Crippen LogP contribution in [-0.2, 0) is 0 Å². The number of hydrogen-bond acceptors (Lipinski definition) is 3. The van der Waals surface area contributed by atoms with Crippen molar-refractivity contribution >= 4 is 21.7 Å². The normalized spacial score (nSPS) is 17.9. The van der Waals surface area contributed by atoms with Crippen molar-refractivity contribution in [3.05, 3.63) is 22.8 Å². The third kappa shape index (κ3) is 2.25. The molecule has 0 radical (unpaired) electrons. The van der Waals surface area contributed by atoms with Gasteiger partial charge in [-0.25, -0.2) is 4.98 Å². The molecule has 1 aromatic heterocycles. The number of hydrogen-bond donors (Lipinski definition) is 1. The number of halogens is 1. The summed E-state index contributed by atoms with van der Waals surface area (Å²) in [5, 5.41) is 3.35. The summed E-state index contributed by atoms with van der Waals surface area (Å²) in [5.74, 6) is 1.72. The number of anilines is 1. The molecule has 0 bridgehead atoms. The fourth-order valence-corrected chi connectivity index (χ4v) is 2.11. The van der Waals surface area contributed by atoms with Gasteiger partial charge in [0.2, 0.25) is 0 Å². The topological polar surface area (TPSA) is 28.2 Å². The monoisotopic (exact) mass is 255 g/mol. The minimum atomic E-state index is 0.772. The fraction of sp³-hybridized carbons (Fsp3) is 0.500. The molecule has 0 spiro atoms. The molecule has 0 aliphatic carbocycles. The fourth-order valence-electron chi connectivity index (χ4n) is 1.71. The predicted octanol–water partition coefficient (Wildman–Crippen LogP) is 1.82. The van der Waals surface area contributed by atoms with Gasteiger partial charge in [-0.1, -0.05) is 0 Å². The van der Waals surface area contributed by atoms with Crippen LogP contribution in [0.3, 0.4) is 0 Å². The van der Waals surface area contributed by atoms with Crippen LogP contribution < -0.4 is 5.32 Å². The Balaban J connectivity index is 1.83. The molecule has 0 atom stereocenters. The van der Waals surface area contributed by atoms with Crippen molar-refractivity contribution in [3.63, 3.8) is 0 Å². The van der Waals surface area contributed by atoms with Crippen LogP contribution in [0, 0.1) is 5.92 Å². The van der Waals surface area contributed by atoms with Crippen LogP contribution in [-0.4, -0.2) is 36.6 Å². The largest absolute Gasteiger partial charge is 0.369 e. The minimum Gasteiger partial charge on any atom is -0.369 e. The van der Waals surface area contributed by atoms with E-state index < -0.39 is 0 Å². The highest BCUT2D eigenvalue weighted by Gasteiger charge is 2.22. The summed E-state index contributed by atoms with van der Waals surface area (Å²) in [5.41, 5.74) is 0. The Hall–Kier alpha value is -0.610. The zero-order valence-corrected chi connectivity index (χ0v) is 9.79. The SMILES string of the molecule is CN1CC(CNc2ncccc2Br)C1. The van der Waals surface area contributed by atoms with Crippen LogP contribution >= 0.6 is 15.9 Å². The van der Waals surface area contributed by atoms with E-state index in [4.69, 9.17) is 0 Å². The van der Waals surface area contributed by atoms with E-state index in [2.05, 4.69) is 38.2 Å². The minimum absolute atomic E-state index is 0.772. The van der Waals surface area contributed by atoms with Crippen LogP contribution in [0.2, 0.25) is 0 Å². The Labute approximate surface area is 92.6 Å². The lowest BCUT2D eigenvalue weighted by Gasteiger charge is -2.36. The van der Waals surface area contributed by atoms with Crippen LogP contribution in [0.5, 0.6) is 0 Å². The Kier molecular flexibility index (Phi) is 3.03. The molecule has 1 aliphatic heterocycles. The Bertz CT molecular complexity index is 310. The number of rotatable bonds is 3. The van der Waals surface area contributed by atoms with Gasteiger partial charge in [-0.3, -0.25) is 0 Å².